The van der Waals surface area contributed by atoms with Crippen molar-refractivity contribution in [1.82, 2.24) is 0 Å². The molecule has 0 bridgehead atoms. The Morgan fingerprint density at radius 3 is 2.27 bits per heavy atom. The van der Waals surface area contributed by atoms with Crippen LogP contribution >= 0.6 is 0 Å². The van der Waals surface area contributed by atoms with Crippen molar-refractivity contribution in [2.24, 2.45) is 0 Å². The van der Waals surface area contributed by atoms with Crippen LogP contribution in [0.15, 0.2) is 36.4 Å². The van der Waals surface area contributed by atoms with Crippen molar-refractivity contribution in [3.8, 4) is 11.5 Å². The van der Waals surface area contributed by atoms with E-state index in [0.29, 0.717) is 9.46 Å². The fourth-order valence-electron chi connectivity index (χ4n) is 2.29. The molecule has 8 heteroatoms. The van der Waals surface area contributed by atoms with E-state index in [9.17, 15) is 20.6 Å². The summed E-state index contributed by atoms with van der Waals surface area (Å²) in [6, 6.07) is 8.37. The Morgan fingerprint density at radius 1 is 1.00 bits per heavy atom. The first-order chi connectivity index (χ1) is 10.5. The van der Waals surface area contributed by atoms with Crippen LogP contribution in [0.25, 0.3) is 22.1 Å². The smallest absolute Gasteiger partial charge is 0.332 e. The molecule has 0 fully saturated rings. The summed E-state index contributed by atoms with van der Waals surface area (Å²) in [7, 11) is 0. The molecule has 0 amide bonds. The van der Waals surface area contributed by atoms with Gasteiger partial charge in [-0.1, -0.05) is 12.1 Å². The molecule has 0 aliphatic rings. The number of para-hydroxylation sites is 2. The lowest BCUT2D eigenvalue weighted by Gasteiger charge is -2.13. The molecule has 3 aromatic rings. The van der Waals surface area contributed by atoms with Crippen molar-refractivity contribution in [3.63, 3.8) is 0 Å². The Bertz CT molecular complexity index is 867. The number of aliphatic hydroxyl groups excluding tert-OH is 2. The van der Waals surface area contributed by atoms with Crippen LogP contribution in [0, 0.1) is 10.4 Å². The molecule has 0 saturated heterocycles. The third-order valence-corrected chi connectivity index (χ3v) is 3.23. The molecule has 1 heterocycles. The number of rotatable bonds is 3. The highest BCUT2D eigenvalue weighted by molar-refractivity contribution is 5.83. The molecule has 0 saturated carbocycles. The van der Waals surface area contributed by atoms with Crippen molar-refractivity contribution in [1.29, 1.82) is 0 Å². The fraction of sp³-hybridized carbons (Fsp3) is 0.143. The van der Waals surface area contributed by atoms with E-state index in [1.54, 1.807) is 0 Å². The number of phenols is 1. The molecule has 0 aliphatic carbocycles. The zero-order valence-electron chi connectivity index (χ0n) is 11.2. The Labute approximate surface area is 123 Å². The normalized spacial score (nSPS) is 12.6. The highest BCUT2D eigenvalue weighted by Gasteiger charge is 2.27. The van der Waals surface area contributed by atoms with Gasteiger partial charge in [-0.05, 0) is 12.1 Å². The predicted octanol–water partition coefficient (Wildman–Crippen LogP) is -0.345. The minimum absolute atomic E-state index is 0.0355. The second-order valence-corrected chi connectivity index (χ2v) is 4.61. The molecule has 0 spiro atoms. The van der Waals surface area contributed by atoms with Crippen LogP contribution in [0.2, 0.25) is 0 Å². The first-order valence-corrected chi connectivity index (χ1v) is 6.39. The molecule has 3 N–H and O–H groups in total. The Hall–Kier alpha value is -2.84. The van der Waals surface area contributed by atoms with Gasteiger partial charge >= 0.3 is 11.0 Å². The van der Waals surface area contributed by atoms with E-state index < -0.39 is 12.9 Å². The van der Waals surface area contributed by atoms with Crippen LogP contribution in [-0.2, 0) is 0 Å². The molecule has 8 nitrogen and oxygen atoms in total. The minimum atomic E-state index is -1.52. The number of benzene rings is 2. The zero-order valence-corrected chi connectivity index (χ0v) is 11.2. The van der Waals surface area contributed by atoms with Gasteiger partial charge in [0.2, 0.25) is 12.0 Å². The van der Waals surface area contributed by atoms with E-state index in [1.165, 1.54) is 36.4 Å². The number of aliphatic hydroxyl groups is 2. The van der Waals surface area contributed by atoms with Gasteiger partial charge in [-0.15, -0.1) is 0 Å². The predicted molar refractivity (Wildman–Crippen MR) is 74.8 cm³/mol. The van der Waals surface area contributed by atoms with Gasteiger partial charge in [0.05, 0.1) is 0 Å². The molecule has 3 rings (SSSR count). The number of ether oxygens (including phenoxy) is 1. The van der Waals surface area contributed by atoms with E-state index >= 15 is 0 Å². The summed E-state index contributed by atoms with van der Waals surface area (Å²) in [5, 5.41) is 52.9. The first-order valence-electron chi connectivity index (χ1n) is 6.39. The van der Waals surface area contributed by atoms with Gasteiger partial charge in [-0.3, -0.25) is 0 Å². The largest absolute Gasteiger partial charge is 0.617 e. The van der Waals surface area contributed by atoms with Gasteiger partial charge in [-0.2, -0.15) is 9.46 Å². The van der Waals surface area contributed by atoms with Gasteiger partial charge in [0, 0.05) is 12.1 Å². The van der Waals surface area contributed by atoms with Crippen molar-refractivity contribution < 1.29 is 29.5 Å². The second kappa shape index (κ2) is 5.17. The van der Waals surface area contributed by atoms with E-state index in [2.05, 4.69) is 0 Å². The maximum Gasteiger partial charge on any atom is 0.332 e. The number of aromatic nitrogens is 2. The average Bonchev–Trinajstić information content (AvgIpc) is 2.52. The molecule has 2 aromatic carbocycles. The molecular formula is C14H12N2O6. The highest BCUT2D eigenvalue weighted by atomic mass is 16.6. The summed E-state index contributed by atoms with van der Waals surface area (Å²) >= 11 is 0. The van der Waals surface area contributed by atoms with Crippen molar-refractivity contribution in [3.05, 3.63) is 46.8 Å². The topological polar surface area (TPSA) is 124 Å². The molecule has 114 valence electrons. The van der Waals surface area contributed by atoms with Gasteiger partial charge in [0.25, 0.3) is 11.0 Å². The van der Waals surface area contributed by atoms with Gasteiger partial charge in [-0.25, -0.2) is 0 Å². The number of hydrogen-bond acceptors (Lipinski definition) is 6. The van der Waals surface area contributed by atoms with Crippen molar-refractivity contribution in [2.75, 3.05) is 6.61 Å². The average molecular weight is 304 g/mol. The quantitative estimate of drug-likeness (QED) is 0.263. The minimum Gasteiger partial charge on any atom is -0.617 e. The molecule has 22 heavy (non-hydrogen) atoms. The van der Waals surface area contributed by atoms with Crippen LogP contribution < -0.4 is 14.2 Å². The summed E-state index contributed by atoms with van der Waals surface area (Å²) < 4.78 is 5.93. The fourth-order valence-corrected chi connectivity index (χ4v) is 2.29. The first kappa shape index (κ1) is 14.1. The zero-order chi connectivity index (χ0) is 15.9. The van der Waals surface area contributed by atoms with Gasteiger partial charge < -0.3 is 30.5 Å². The Kier molecular flexibility index (Phi) is 3.32. The second-order valence-electron chi connectivity index (χ2n) is 4.61. The van der Waals surface area contributed by atoms with Crippen LogP contribution in [0.3, 0.4) is 0 Å². The number of phenolic OH excluding ortho intramolecular Hbond substituents is 1. The summed E-state index contributed by atoms with van der Waals surface area (Å²) in [5.41, 5.74) is -0.350. The van der Waals surface area contributed by atoms with E-state index in [1.807, 2.05) is 0 Å². The maximum absolute atomic E-state index is 12.5. The molecule has 1 unspecified atom stereocenters. The monoisotopic (exact) mass is 304 g/mol. The number of fused-ring (bicyclic) bond motifs is 2. The Morgan fingerprint density at radius 2 is 1.59 bits per heavy atom. The highest BCUT2D eigenvalue weighted by Crippen LogP contribution is 2.26. The van der Waals surface area contributed by atoms with E-state index in [0.717, 1.165) is 0 Å². The molecule has 1 aromatic heterocycles. The van der Waals surface area contributed by atoms with Crippen LogP contribution in [0.1, 0.15) is 0 Å². The van der Waals surface area contributed by atoms with E-state index in [-0.39, 0.29) is 33.6 Å². The van der Waals surface area contributed by atoms with Crippen molar-refractivity contribution in [2.45, 2.75) is 6.29 Å². The summed E-state index contributed by atoms with van der Waals surface area (Å²) in [6.07, 6.45) is -1.52. The van der Waals surface area contributed by atoms with Crippen LogP contribution in [0.5, 0.6) is 11.5 Å². The Balaban J connectivity index is 2.41. The van der Waals surface area contributed by atoms with E-state index in [4.69, 9.17) is 9.84 Å². The third kappa shape index (κ3) is 2.01. The maximum atomic E-state index is 12.5. The molecule has 0 aliphatic heterocycles. The lowest BCUT2D eigenvalue weighted by Crippen LogP contribution is -2.40. The van der Waals surface area contributed by atoms with Crippen molar-refractivity contribution >= 4 is 22.1 Å². The standard InChI is InChI=1S/C14H12N2O6/c17-7-12(19)22-11-6-2-4-9-14(11)16(21)8-3-1-5-10(18)13(8)15(9)20/h1-6,12,17-19H,7H2. The number of hydrogen-bond donors (Lipinski definition) is 3. The number of aromatic hydroxyl groups is 1. The van der Waals surface area contributed by atoms with Crippen LogP contribution in [0.4, 0.5) is 0 Å². The summed E-state index contributed by atoms with van der Waals surface area (Å²) in [6.45, 7) is -0.666. The lowest BCUT2D eigenvalue weighted by molar-refractivity contribution is -0.591. The molecule has 1 atom stereocenters. The summed E-state index contributed by atoms with van der Waals surface area (Å²) in [4.78, 5) is 0. The lowest BCUT2D eigenvalue weighted by atomic mass is 10.2. The summed E-state index contributed by atoms with van der Waals surface area (Å²) in [5.74, 6) is -0.371. The molecular weight excluding hydrogens is 292 g/mol. The van der Waals surface area contributed by atoms with Gasteiger partial charge in [0.1, 0.15) is 6.61 Å². The van der Waals surface area contributed by atoms with Gasteiger partial charge in [0.15, 0.2) is 5.75 Å². The number of nitrogens with zero attached hydrogens (tertiary/aromatic N) is 2. The third-order valence-electron chi connectivity index (χ3n) is 3.23. The SMILES string of the molecule is [O-][n+]1c2cccc(OC(O)CO)c2[n+]([O-])c2cccc(O)c21. The molecule has 0 radical (unpaired) electrons. The van der Waals surface area contributed by atoms with Crippen LogP contribution in [-0.4, -0.2) is 28.2 Å².